The highest BCUT2D eigenvalue weighted by atomic mass is 16.4. The molecule has 4 heteroatoms. The molecule has 1 amide bonds. The van der Waals surface area contributed by atoms with Gasteiger partial charge in [0.2, 0.25) is 5.91 Å². The zero-order valence-corrected chi connectivity index (χ0v) is 11.4. The molecule has 2 rings (SSSR count). The first-order chi connectivity index (χ1) is 8.90. The van der Waals surface area contributed by atoms with Gasteiger partial charge in [-0.05, 0) is 42.5 Å². The Balaban J connectivity index is 2.02. The van der Waals surface area contributed by atoms with Crippen molar-refractivity contribution in [2.45, 2.75) is 33.1 Å². The van der Waals surface area contributed by atoms with Gasteiger partial charge in [0.05, 0.1) is 0 Å². The Morgan fingerprint density at radius 2 is 2.00 bits per heavy atom. The van der Waals surface area contributed by atoms with Crippen molar-refractivity contribution < 1.29 is 14.7 Å². The number of carboxylic acid groups (broad SMARTS) is 1. The smallest absolute Gasteiger partial charge is 0.228 e. The van der Waals surface area contributed by atoms with Crippen LogP contribution in [0.15, 0.2) is 18.2 Å². The van der Waals surface area contributed by atoms with E-state index >= 15 is 0 Å². The maximum absolute atomic E-state index is 11.8. The maximum atomic E-state index is 11.8. The fraction of sp³-hybridized carbons (Fsp3) is 0.467. The largest absolute Gasteiger partial charge is 0.550 e. The number of nitrogens with one attached hydrogen (secondary N) is 1. The molecule has 0 aliphatic heterocycles. The predicted octanol–water partition coefficient (Wildman–Crippen LogP) is 1.44. The van der Waals surface area contributed by atoms with Gasteiger partial charge in [0.1, 0.15) is 0 Å². The highest BCUT2D eigenvalue weighted by Gasteiger charge is 2.43. The summed E-state index contributed by atoms with van der Waals surface area (Å²) in [6.45, 7) is 6.25. The SMILES string of the molecule is Cc1cc(NC(=O)[C@H]2C[C@H]2C(=O)[O-])ccc1C(C)C. The van der Waals surface area contributed by atoms with Gasteiger partial charge < -0.3 is 15.2 Å². The minimum atomic E-state index is -1.13. The molecule has 1 aromatic carbocycles. The third-order valence-electron chi connectivity index (χ3n) is 3.59. The van der Waals surface area contributed by atoms with E-state index in [9.17, 15) is 14.7 Å². The highest BCUT2D eigenvalue weighted by molar-refractivity contribution is 5.98. The molecule has 1 aliphatic carbocycles. The van der Waals surface area contributed by atoms with Gasteiger partial charge >= 0.3 is 0 Å². The van der Waals surface area contributed by atoms with Gasteiger partial charge in [-0.15, -0.1) is 0 Å². The van der Waals surface area contributed by atoms with Crippen LogP contribution in [0.25, 0.3) is 0 Å². The average molecular weight is 260 g/mol. The van der Waals surface area contributed by atoms with Gasteiger partial charge in [0.15, 0.2) is 0 Å². The lowest BCUT2D eigenvalue weighted by atomic mass is 9.97. The minimum absolute atomic E-state index is 0.231. The number of amides is 1. The van der Waals surface area contributed by atoms with Crippen LogP contribution in [0.1, 0.15) is 37.3 Å². The van der Waals surface area contributed by atoms with Crippen molar-refractivity contribution in [1.29, 1.82) is 0 Å². The number of benzene rings is 1. The summed E-state index contributed by atoms with van der Waals surface area (Å²) in [5.41, 5.74) is 3.09. The summed E-state index contributed by atoms with van der Waals surface area (Å²) < 4.78 is 0. The van der Waals surface area contributed by atoms with Crippen molar-refractivity contribution in [2.24, 2.45) is 11.8 Å². The maximum Gasteiger partial charge on any atom is 0.228 e. The zero-order chi connectivity index (χ0) is 14.2. The van der Waals surface area contributed by atoms with Crippen LogP contribution in [-0.4, -0.2) is 11.9 Å². The van der Waals surface area contributed by atoms with E-state index in [1.54, 1.807) is 0 Å². The molecule has 19 heavy (non-hydrogen) atoms. The molecule has 0 spiro atoms. The Labute approximate surface area is 112 Å². The fourth-order valence-electron chi connectivity index (χ4n) is 2.38. The second-order valence-electron chi connectivity index (χ2n) is 5.48. The second kappa shape index (κ2) is 5.03. The Morgan fingerprint density at radius 1 is 1.32 bits per heavy atom. The van der Waals surface area contributed by atoms with E-state index in [2.05, 4.69) is 19.2 Å². The summed E-state index contributed by atoms with van der Waals surface area (Å²) in [6.07, 6.45) is 0.386. The van der Waals surface area contributed by atoms with Gasteiger partial charge in [-0.3, -0.25) is 4.79 Å². The van der Waals surface area contributed by atoms with Gasteiger partial charge in [-0.1, -0.05) is 19.9 Å². The fourth-order valence-corrected chi connectivity index (χ4v) is 2.38. The molecule has 0 bridgehead atoms. The highest BCUT2D eigenvalue weighted by Crippen LogP contribution is 2.38. The molecule has 0 aromatic heterocycles. The lowest BCUT2D eigenvalue weighted by molar-refractivity contribution is -0.308. The van der Waals surface area contributed by atoms with Crippen LogP contribution in [0.2, 0.25) is 0 Å². The normalized spacial score (nSPS) is 21.3. The van der Waals surface area contributed by atoms with Gasteiger partial charge in [0, 0.05) is 23.5 Å². The van der Waals surface area contributed by atoms with Gasteiger partial charge in [0.25, 0.3) is 0 Å². The number of aliphatic carboxylic acids is 1. The summed E-state index contributed by atoms with van der Waals surface area (Å²) in [4.78, 5) is 22.4. The lowest BCUT2D eigenvalue weighted by Gasteiger charge is -2.12. The van der Waals surface area contributed by atoms with E-state index in [0.717, 1.165) is 11.3 Å². The first-order valence-corrected chi connectivity index (χ1v) is 6.52. The van der Waals surface area contributed by atoms with Crippen molar-refractivity contribution in [1.82, 2.24) is 0 Å². The molecular weight excluding hydrogens is 242 g/mol. The van der Waals surface area contributed by atoms with Crippen molar-refractivity contribution >= 4 is 17.6 Å². The summed E-state index contributed by atoms with van der Waals surface area (Å²) in [5, 5.41) is 13.4. The van der Waals surface area contributed by atoms with Crippen LogP contribution in [0.5, 0.6) is 0 Å². The summed E-state index contributed by atoms with van der Waals surface area (Å²) in [7, 11) is 0. The van der Waals surface area contributed by atoms with E-state index in [4.69, 9.17) is 0 Å². The Morgan fingerprint density at radius 3 is 2.47 bits per heavy atom. The second-order valence-corrected chi connectivity index (χ2v) is 5.48. The Kier molecular flexibility index (Phi) is 3.60. The van der Waals surface area contributed by atoms with Crippen LogP contribution in [0.4, 0.5) is 5.69 Å². The summed E-state index contributed by atoms with van der Waals surface area (Å²) in [5.74, 6) is -1.97. The number of carbonyl (C=O) groups excluding carboxylic acids is 2. The summed E-state index contributed by atoms with van der Waals surface area (Å²) in [6, 6.07) is 5.78. The number of carboxylic acids is 1. The molecule has 0 unspecified atom stereocenters. The molecule has 2 atom stereocenters. The number of hydrogen-bond acceptors (Lipinski definition) is 3. The molecule has 0 heterocycles. The van der Waals surface area contributed by atoms with Crippen LogP contribution >= 0.6 is 0 Å². The van der Waals surface area contributed by atoms with E-state index in [-0.39, 0.29) is 5.91 Å². The molecule has 1 fully saturated rings. The van der Waals surface area contributed by atoms with Gasteiger partial charge in [-0.2, -0.15) is 0 Å². The van der Waals surface area contributed by atoms with Crippen molar-refractivity contribution in [3.05, 3.63) is 29.3 Å². The van der Waals surface area contributed by atoms with E-state index < -0.39 is 17.8 Å². The molecule has 1 N–H and O–H groups in total. The quantitative estimate of drug-likeness (QED) is 0.890. The topological polar surface area (TPSA) is 69.2 Å². The third kappa shape index (κ3) is 2.95. The number of aryl methyl sites for hydroxylation is 1. The van der Waals surface area contributed by atoms with Gasteiger partial charge in [-0.25, -0.2) is 0 Å². The monoisotopic (exact) mass is 260 g/mol. The molecule has 1 aliphatic rings. The molecule has 102 valence electrons. The number of carbonyl (C=O) groups is 2. The Bertz CT molecular complexity index is 522. The molecular formula is C15H18NO3-. The van der Waals surface area contributed by atoms with E-state index in [0.29, 0.717) is 12.3 Å². The van der Waals surface area contributed by atoms with Crippen LogP contribution in [0, 0.1) is 18.8 Å². The van der Waals surface area contributed by atoms with Crippen LogP contribution in [0.3, 0.4) is 0 Å². The molecule has 0 saturated heterocycles. The molecule has 4 nitrogen and oxygen atoms in total. The molecule has 1 aromatic rings. The minimum Gasteiger partial charge on any atom is -0.550 e. The molecule has 0 radical (unpaired) electrons. The van der Waals surface area contributed by atoms with E-state index in [1.165, 1.54) is 5.56 Å². The Hall–Kier alpha value is -1.84. The van der Waals surface area contributed by atoms with Crippen molar-refractivity contribution in [2.75, 3.05) is 5.32 Å². The van der Waals surface area contributed by atoms with E-state index in [1.807, 2.05) is 25.1 Å². The standard InChI is InChI=1S/C15H19NO3/c1-8(2)11-5-4-10(6-9(11)3)16-14(17)12-7-13(12)15(18)19/h4-6,8,12-13H,7H2,1-3H3,(H,16,17)(H,18,19)/p-1/t12-,13+/m0/s1. The van der Waals surface area contributed by atoms with Crippen molar-refractivity contribution in [3.8, 4) is 0 Å². The van der Waals surface area contributed by atoms with Crippen LogP contribution in [-0.2, 0) is 9.59 Å². The number of hydrogen-bond donors (Lipinski definition) is 1. The predicted molar refractivity (Wildman–Crippen MR) is 70.5 cm³/mol. The third-order valence-corrected chi connectivity index (χ3v) is 3.59. The average Bonchev–Trinajstić information content (AvgIpc) is 3.08. The first-order valence-electron chi connectivity index (χ1n) is 6.52. The van der Waals surface area contributed by atoms with Crippen molar-refractivity contribution in [3.63, 3.8) is 0 Å². The summed E-state index contributed by atoms with van der Waals surface area (Å²) >= 11 is 0. The first kappa shape index (κ1) is 13.6. The zero-order valence-electron chi connectivity index (χ0n) is 11.4. The van der Waals surface area contributed by atoms with Crippen LogP contribution < -0.4 is 10.4 Å². The molecule has 1 saturated carbocycles. The number of anilines is 1. The number of rotatable bonds is 4. The lowest BCUT2D eigenvalue weighted by Crippen LogP contribution is -2.27.